The molecule has 0 amide bonds. The molecule has 0 aromatic carbocycles. The van der Waals surface area contributed by atoms with Gasteiger partial charge in [0, 0.05) is 32.3 Å². The average molecular weight is 229 g/mol. The fourth-order valence-electron chi connectivity index (χ4n) is 2.45. The highest BCUT2D eigenvalue weighted by molar-refractivity contribution is 5.68. The predicted octanol–water partition coefficient (Wildman–Crippen LogP) is 0.341. The second-order valence-electron chi connectivity index (χ2n) is 4.88. The topological polar surface area (TPSA) is 59.0 Å². The van der Waals surface area contributed by atoms with Gasteiger partial charge in [-0.3, -0.25) is 4.90 Å². The summed E-state index contributed by atoms with van der Waals surface area (Å²) in [5, 5.41) is 8.56. The van der Waals surface area contributed by atoms with Crippen LogP contribution in [0.3, 0.4) is 0 Å². The van der Waals surface area contributed by atoms with Crippen molar-refractivity contribution >= 4 is 5.97 Å². The van der Waals surface area contributed by atoms with Gasteiger partial charge in [-0.2, -0.15) is 0 Å². The number of likely N-dealkylation sites (tertiary alicyclic amines) is 1. The van der Waals surface area contributed by atoms with E-state index >= 15 is 0 Å². The number of rotatable bonds is 4. The molecule has 2 saturated heterocycles. The summed E-state index contributed by atoms with van der Waals surface area (Å²) in [7, 11) is 0. The zero-order valence-corrected chi connectivity index (χ0v) is 9.65. The highest BCUT2D eigenvalue weighted by atomic mass is 16.5. The summed E-state index contributed by atoms with van der Waals surface area (Å²) in [4.78, 5) is 12.8. The summed E-state index contributed by atoms with van der Waals surface area (Å²) < 4.78 is 10.7. The molecule has 16 heavy (non-hydrogen) atoms. The Hall–Kier alpha value is -0.650. The quantitative estimate of drug-likeness (QED) is 0.753. The summed E-state index contributed by atoms with van der Waals surface area (Å²) in [5.74, 6) is -0.897. The average Bonchev–Trinajstić information content (AvgIpc) is 2.24. The molecule has 0 bridgehead atoms. The highest BCUT2D eigenvalue weighted by Crippen LogP contribution is 2.29. The van der Waals surface area contributed by atoms with Crippen LogP contribution in [0.25, 0.3) is 0 Å². The molecule has 2 aliphatic heterocycles. The standard InChI is InChI=1S/C11H19NO4/c1-11(16-6-10(13)14)7-12(8-11)9-2-4-15-5-3-9/h9H,2-8H2,1H3,(H,13,14). The first-order chi connectivity index (χ1) is 7.59. The first-order valence-electron chi connectivity index (χ1n) is 5.77. The smallest absolute Gasteiger partial charge is 0.329 e. The summed E-state index contributed by atoms with van der Waals surface area (Å²) in [6.07, 6.45) is 2.16. The number of nitrogens with zero attached hydrogens (tertiary/aromatic N) is 1. The van der Waals surface area contributed by atoms with Gasteiger partial charge in [-0.15, -0.1) is 0 Å². The lowest BCUT2D eigenvalue weighted by Gasteiger charge is -2.51. The van der Waals surface area contributed by atoms with E-state index in [1.165, 1.54) is 0 Å². The molecule has 2 heterocycles. The molecule has 0 radical (unpaired) electrons. The van der Waals surface area contributed by atoms with Crippen molar-refractivity contribution in [3.05, 3.63) is 0 Å². The molecule has 2 fully saturated rings. The molecule has 0 aliphatic carbocycles. The van der Waals surface area contributed by atoms with Gasteiger partial charge < -0.3 is 14.6 Å². The second-order valence-corrected chi connectivity index (χ2v) is 4.88. The summed E-state index contributed by atoms with van der Waals surface area (Å²) in [5.41, 5.74) is -0.267. The van der Waals surface area contributed by atoms with Crippen LogP contribution in [0.5, 0.6) is 0 Å². The number of carboxylic acids is 1. The zero-order chi connectivity index (χ0) is 11.6. The van der Waals surface area contributed by atoms with E-state index in [9.17, 15) is 4.79 Å². The van der Waals surface area contributed by atoms with Crippen LogP contribution < -0.4 is 0 Å². The number of hydrogen-bond donors (Lipinski definition) is 1. The van der Waals surface area contributed by atoms with Crippen molar-refractivity contribution in [1.82, 2.24) is 4.90 Å². The monoisotopic (exact) mass is 229 g/mol. The van der Waals surface area contributed by atoms with Crippen LogP contribution in [0.2, 0.25) is 0 Å². The van der Waals surface area contributed by atoms with E-state index in [1.807, 2.05) is 6.92 Å². The number of carbonyl (C=O) groups is 1. The van der Waals surface area contributed by atoms with Crippen molar-refractivity contribution in [3.8, 4) is 0 Å². The normalized spacial score (nSPS) is 26.3. The van der Waals surface area contributed by atoms with E-state index < -0.39 is 5.97 Å². The molecule has 92 valence electrons. The van der Waals surface area contributed by atoms with Crippen LogP contribution in [0.4, 0.5) is 0 Å². The first-order valence-corrected chi connectivity index (χ1v) is 5.77. The van der Waals surface area contributed by atoms with Gasteiger partial charge in [0.1, 0.15) is 6.61 Å². The minimum atomic E-state index is -0.897. The van der Waals surface area contributed by atoms with Crippen molar-refractivity contribution in [2.24, 2.45) is 0 Å². The Morgan fingerprint density at radius 3 is 2.69 bits per heavy atom. The number of hydrogen-bond acceptors (Lipinski definition) is 4. The third kappa shape index (κ3) is 2.72. The zero-order valence-electron chi connectivity index (χ0n) is 9.65. The van der Waals surface area contributed by atoms with Crippen molar-refractivity contribution in [2.45, 2.75) is 31.4 Å². The van der Waals surface area contributed by atoms with Crippen LogP contribution in [0.15, 0.2) is 0 Å². The minimum absolute atomic E-state index is 0.196. The molecule has 0 aromatic rings. The van der Waals surface area contributed by atoms with E-state index in [0.29, 0.717) is 6.04 Å². The Morgan fingerprint density at radius 2 is 2.12 bits per heavy atom. The number of aliphatic carboxylic acids is 1. The highest BCUT2D eigenvalue weighted by Gasteiger charge is 2.43. The predicted molar refractivity (Wildman–Crippen MR) is 57.4 cm³/mol. The maximum atomic E-state index is 10.4. The molecule has 1 N–H and O–H groups in total. The maximum absolute atomic E-state index is 10.4. The number of ether oxygens (including phenoxy) is 2. The lowest BCUT2D eigenvalue weighted by molar-refractivity contribution is -0.173. The minimum Gasteiger partial charge on any atom is -0.480 e. The van der Waals surface area contributed by atoms with Crippen molar-refractivity contribution in [2.75, 3.05) is 32.9 Å². The van der Waals surface area contributed by atoms with E-state index in [4.69, 9.17) is 14.6 Å². The molecule has 0 unspecified atom stereocenters. The van der Waals surface area contributed by atoms with Crippen LogP contribution in [-0.2, 0) is 14.3 Å². The van der Waals surface area contributed by atoms with Gasteiger partial charge in [-0.05, 0) is 19.8 Å². The number of carboxylic acid groups (broad SMARTS) is 1. The Labute approximate surface area is 95.3 Å². The van der Waals surface area contributed by atoms with Crippen LogP contribution >= 0.6 is 0 Å². The third-order valence-electron chi connectivity index (χ3n) is 3.33. The van der Waals surface area contributed by atoms with E-state index in [0.717, 1.165) is 39.1 Å². The lowest BCUT2D eigenvalue weighted by Crippen LogP contribution is -2.65. The van der Waals surface area contributed by atoms with Gasteiger partial charge in [0.2, 0.25) is 0 Å². The molecular weight excluding hydrogens is 210 g/mol. The molecule has 0 saturated carbocycles. The molecule has 2 rings (SSSR count). The first kappa shape index (κ1) is 11.8. The summed E-state index contributed by atoms with van der Waals surface area (Å²) in [6, 6.07) is 0.593. The fraction of sp³-hybridized carbons (Fsp3) is 0.909. The van der Waals surface area contributed by atoms with Crippen LogP contribution in [-0.4, -0.2) is 60.5 Å². The summed E-state index contributed by atoms with van der Waals surface area (Å²) >= 11 is 0. The van der Waals surface area contributed by atoms with Gasteiger partial charge in [-0.1, -0.05) is 0 Å². The Bertz CT molecular complexity index is 257. The van der Waals surface area contributed by atoms with Crippen LogP contribution in [0, 0.1) is 0 Å². The van der Waals surface area contributed by atoms with E-state index in [1.54, 1.807) is 0 Å². The van der Waals surface area contributed by atoms with Crippen LogP contribution in [0.1, 0.15) is 19.8 Å². The molecular formula is C11H19NO4. The van der Waals surface area contributed by atoms with Gasteiger partial charge in [0.25, 0.3) is 0 Å². The maximum Gasteiger partial charge on any atom is 0.329 e. The summed E-state index contributed by atoms with van der Waals surface area (Å²) in [6.45, 7) is 5.14. The van der Waals surface area contributed by atoms with Crippen molar-refractivity contribution in [1.29, 1.82) is 0 Å². The largest absolute Gasteiger partial charge is 0.480 e. The Morgan fingerprint density at radius 1 is 1.50 bits per heavy atom. The molecule has 5 heteroatoms. The van der Waals surface area contributed by atoms with Gasteiger partial charge >= 0.3 is 5.97 Å². The lowest BCUT2D eigenvalue weighted by atomic mass is 9.91. The van der Waals surface area contributed by atoms with Crippen molar-refractivity contribution < 1.29 is 19.4 Å². The fourth-order valence-corrected chi connectivity index (χ4v) is 2.45. The molecule has 5 nitrogen and oxygen atoms in total. The molecule has 0 aromatic heterocycles. The van der Waals surface area contributed by atoms with Crippen molar-refractivity contribution in [3.63, 3.8) is 0 Å². The van der Waals surface area contributed by atoms with Gasteiger partial charge in [0.05, 0.1) is 5.60 Å². The van der Waals surface area contributed by atoms with E-state index in [-0.39, 0.29) is 12.2 Å². The Kier molecular flexibility index (Phi) is 3.47. The third-order valence-corrected chi connectivity index (χ3v) is 3.33. The second kappa shape index (κ2) is 4.69. The molecule has 2 aliphatic rings. The molecule has 0 atom stereocenters. The molecule has 0 spiro atoms. The Balaban J connectivity index is 1.72. The van der Waals surface area contributed by atoms with Gasteiger partial charge in [0.15, 0.2) is 0 Å². The van der Waals surface area contributed by atoms with E-state index in [2.05, 4.69) is 4.90 Å². The van der Waals surface area contributed by atoms with Gasteiger partial charge in [-0.25, -0.2) is 4.79 Å². The SMILES string of the molecule is CC1(OCC(=O)O)CN(C2CCOCC2)C1.